The van der Waals surface area contributed by atoms with Crippen molar-refractivity contribution in [3.05, 3.63) is 77.9 Å². The fourth-order valence-electron chi connectivity index (χ4n) is 3.58. The third-order valence-electron chi connectivity index (χ3n) is 5.11. The zero-order chi connectivity index (χ0) is 17.8. The number of carbonyl (C=O) groups excluding carboxylic acids is 1. The summed E-state index contributed by atoms with van der Waals surface area (Å²) in [6, 6.07) is 23.3. The second kappa shape index (κ2) is 7.71. The van der Waals surface area contributed by atoms with Gasteiger partial charge < -0.3 is 10.6 Å². The summed E-state index contributed by atoms with van der Waals surface area (Å²) in [5.41, 5.74) is 3.52. The van der Waals surface area contributed by atoms with Crippen molar-refractivity contribution >= 4 is 22.4 Å². The minimum atomic E-state index is -0.0393. The minimum Gasteiger partial charge on any atom is -0.325 e. The molecule has 2 N–H and O–H groups in total. The van der Waals surface area contributed by atoms with E-state index in [1.165, 1.54) is 21.9 Å². The third kappa shape index (κ3) is 3.94. The van der Waals surface area contributed by atoms with Gasteiger partial charge in [0.2, 0.25) is 5.91 Å². The van der Waals surface area contributed by atoms with Gasteiger partial charge in [-0.1, -0.05) is 54.6 Å². The van der Waals surface area contributed by atoms with Crippen molar-refractivity contribution in [3.8, 4) is 0 Å². The Morgan fingerprint density at radius 1 is 0.923 bits per heavy atom. The number of amides is 1. The smallest absolute Gasteiger partial charge is 0.241 e. The molecule has 1 atom stereocenters. The molecule has 0 saturated carbocycles. The molecule has 0 aliphatic carbocycles. The normalized spacial score (nSPS) is 16.7. The first-order chi connectivity index (χ1) is 12.8. The first-order valence-corrected chi connectivity index (χ1v) is 9.39. The van der Waals surface area contributed by atoms with Gasteiger partial charge in [0.15, 0.2) is 0 Å². The van der Waals surface area contributed by atoms with E-state index in [9.17, 15) is 4.79 Å². The standard InChI is InChI=1S/C23H24N2O/c26-23(22-6-3-15-24-22)25-21-13-10-17(11-14-21)7-8-18-9-12-19-4-1-2-5-20(19)16-18/h1-2,4-5,9-14,16,22,24H,3,6-8,15H2,(H,25,26). The quantitative estimate of drug-likeness (QED) is 0.724. The van der Waals surface area contributed by atoms with E-state index in [0.29, 0.717) is 0 Å². The molecule has 1 heterocycles. The van der Waals surface area contributed by atoms with Crippen LogP contribution < -0.4 is 10.6 Å². The molecular formula is C23H24N2O. The van der Waals surface area contributed by atoms with Crippen molar-refractivity contribution in [2.75, 3.05) is 11.9 Å². The Hall–Kier alpha value is -2.65. The molecule has 3 heteroatoms. The van der Waals surface area contributed by atoms with Gasteiger partial charge in [0.25, 0.3) is 0 Å². The van der Waals surface area contributed by atoms with Crippen LogP contribution in [0.4, 0.5) is 5.69 Å². The molecule has 1 unspecified atom stereocenters. The van der Waals surface area contributed by atoms with E-state index in [2.05, 4.69) is 65.2 Å². The molecule has 0 spiro atoms. The van der Waals surface area contributed by atoms with Gasteiger partial charge in [-0.2, -0.15) is 0 Å². The van der Waals surface area contributed by atoms with Crippen molar-refractivity contribution in [2.24, 2.45) is 0 Å². The highest BCUT2D eigenvalue weighted by molar-refractivity contribution is 5.95. The van der Waals surface area contributed by atoms with Crippen LogP contribution in [0.3, 0.4) is 0 Å². The second-order valence-corrected chi connectivity index (χ2v) is 7.02. The summed E-state index contributed by atoms with van der Waals surface area (Å²) < 4.78 is 0. The maximum atomic E-state index is 12.1. The Kier molecular flexibility index (Phi) is 4.98. The molecule has 1 aliphatic heterocycles. The molecule has 1 amide bonds. The number of anilines is 1. The summed E-state index contributed by atoms with van der Waals surface area (Å²) in [6.45, 7) is 0.936. The van der Waals surface area contributed by atoms with Gasteiger partial charge >= 0.3 is 0 Å². The summed E-state index contributed by atoms with van der Waals surface area (Å²) in [4.78, 5) is 12.1. The minimum absolute atomic E-state index is 0.0393. The summed E-state index contributed by atoms with van der Waals surface area (Å²) in [5, 5.41) is 8.81. The fourth-order valence-corrected chi connectivity index (χ4v) is 3.58. The van der Waals surface area contributed by atoms with Crippen molar-refractivity contribution in [3.63, 3.8) is 0 Å². The highest BCUT2D eigenvalue weighted by Crippen LogP contribution is 2.18. The van der Waals surface area contributed by atoms with Crippen LogP contribution in [0.5, 0.6) is 0 Å². The van der Waals surface area contributed by atoms with E-state index < -0.39 is 0 Å². The Balaban J connectivity index is 1.35. The number of rotatable bonds is 5. The maximum absolute atomic E-state index is 12.1. The number of hydrogen-bond acceptors (Lipinski definition) is 2. The number of hydrogen-bond donors (Lipinski definition) is 2. The van der Waals surface area contributed by atoms with Crippen molar-refractivity contribution in [2.45, 2.75) is 31.7 Å². The van der Waals surface area contributed by atoms with E-state index in [4.69, 9.17) is 0 Å². The van der Waals surface area contributed by atoms with Crippen molar-refractivity contribution < 1.29 is 4.79 Å². The Morgan fingerprint density at radius 2 is 1.65 bits per heavy atom. The number of carbonyl (C=O) groups is 1. The van der Waals surface area contributed by atoms with Gasteiger partial charge in [0, 0.05) is 5.69 Å². The number of benzene rings is 3. The molecule has 3 aromatic rings. The summed E-state index contributed by atoms with van der Waals surface area (Å²) >= 11 is 0. The number of fused-ring (bicyclic) bond motifs is 1. The molecule has 3 nitrogen and oxygen atoms in total. The molecule has 4 rings (SSSR count). The maximum Gasteiger partial charge on any atom is 0.241 e. The van der Waals surface area contributed by atoms with Crippen LogP contribution in [0, 0.1) is 0 Å². The molecule has 132 valence electrons. The second-order valence-electron chi connectivity index (χ2n) is 7.02. The fraction of sp³-hybridized carbons (Fsp3) is 0.261. The first-order valence-electron chi connectivity index (χ1n) is 9.39. The molecule has 0 bridgehead atoms. The van der Waals surface area contributed by atoms with Crippen LogP contribution >= 0.6 is 0 Å². The summed E-state index contributed by atoms with van der Waals surface area (Å²) in [6.07, 6.45) is 4.01. The van der Waals surface area contributed by atoms with Crippen molar-refractivity contribution in [1.29, 1.82) is 0 Å². The predicted molar refractivity (Wildman–Crippen MR) is 107 cm³/mol. The van der Waals surface area contributed by atoms with Crippen molar-refractivity contribution in [1.82, 2.24) is 5.32 Å². The molecule has 3 aromatic carbocycles. The van der Waals surface area contributed by atoms with Crippen LogP contribution in [0.2, 0.25) is 0 Å². The van der Waals surface area contributed by atoms with Crippen LogP contribution in [0.25, 0.3) is 10.8 Å². The lowest BCUT2D eigenvalue weighted by Crippen LogP contribution is -2.35. The largest absolute Gasteiger partial charge is 0.325 e. The number of nitrogens with one attached hydrogen (secondary N) is 2. The highest BCUT2D eigenvalue weighted by Gasteiger charge is 2.21. The van der Waals surface area contributed by atoms with E-state index in [1.807, 2.05) is 12.1 Å². The van der Waals surface area contributed by atoms with Gasteiger partial charge in [-0.15, -0.1) is 0 Å². The first kappa shape index (κ1) is 16.8. The molecule has 1 saturated heterocycles. The molecule has 0 radical (unpaired) electrons. The van der Waals surface area contributed by atoms with Gasteiger partial charge in [0.1, 0.15) is 0 Å². The molecular weight excluding hydrogens is 320 g/mol. The zero-order valence-electron chi connectivity index (χ0n) is 14.9. The van der Waals surface area contributed by atoms with Gasteiger partial charge in [0.05, 0.1) is 6.04 Å². The van der Waals surface area contributed by atoms with E-state index in [-0.39, 0.29) is 11.9 Å². The average Bonchev–Trinajstić information content (AvgIpc) is 3.22. The Bertz CT molecular complexity index is 895. The monoisotopic (exact) mass is 344 g/mol. The average molecular weight is 344 g/mol. The number of aryl methyl sites for hydroxylation is 2. The Labute approximate surface area is 154 Å². The lowest BCUT2D eigenvalue weighted by atomic mass is 10.0. The van der Waals surface area contributed by atoms with Crippen LogP contribution in [0.15, 0.2) is 66.7 Å². The van der Waals surface area contributed by atoms with E-state index >= 15 is 0 Å². The van der Waals surface area contributed by atoms with Gasteiger partial charge in [-0.05, 0) is 66.3 Å². The third-order valence-corrected chi connectivity index (χ3v) is 5.11. The molecule has 1 aliphatic rings. The van der Waals surface area contributed by atoms with Gasteiger partial charge in [-0.25, -0.2) is 0 Å². The molecule has 0 aromatic heterocycles. The molecule has 1 fully saturated rings. The van der Waals surface area contributed by atoms with Gasteiger partial charge in [-0.3, -0.25) is 4.79 Å². The predicted octanol–water partition coefficient (Wildman–Crippen LogP) is 4.32. The molecule has 26 heavy (non-hydrogen) atoms. The SMILES string of the molecule is O=C(Nc1ccc(CCc2ccc3ccccc3c2)cc1)C1CCCN1. The van der Waals surface area contributed by atoms with Crippen LogP contribution in [-0.4, -0.2) is 18.5 Å². The topological polar surface area (TPSA) is 41.1 Å². The summed E-state index contributed by atoms with van der Waals surface area (Å²) in [5.74, 6) is 0.0754. The lowest BCUT2D eigenvalue weighted by Gasteiger charge is -2.11. The summed E-state index contributed by atoms with van der Waals surface area (Å²) in [7, 11) is 0. The Morgan fingerprint density at radius 3 is 2.42 bits per heavy atom. The van der Waals surface area contributed by atoms with E-state index in [1.54, 1.807) is 0 Å². The lowest BCUT2D eigenvalue weighted by molar-refractivity contribution is -0.117. The van der Waals surface area contributed by atoms with Crippen LogP contribution in [-0.2, 0) is 17.6 Å². The van der Waals surface area contributed by atoms with Crippen LogP contribution in [0.1, 0.15) is 24.0 Å². The van der Waals surface area contributed by atoms with E-state index in [0.717, 1.165) is 37.9 Å². The zero-order valence-corrected chi connectivity index (χ0v) is 14.9. The highest BCUT2D eigenvalue weighted by atomic mass is 16.2.